The molecule has 1 amide bonds. The second kappa shape index (κ2) is 8.06. The molecule has 0 aliphatic carbocycles. The van der Waals surface area contributed by atoms with Crippen molar-refractivity contribution in [2.24, 2.45) is 0 Å². The van der Waals surface area contributed by atoms with Gasteiger partial charge < -0.3 is 5.32 Å². The van der Waals surface area contributed by atoms with Crippen molar-refractivity contribution in [2.45, 2.75) is 11.3 Å². The Balaban J connectivity index is 1.69. The molecule has 0 saturated heterocycles. The number of hydrogen-bond donors (Lipinski definition) is 1. The lowest BCUT2D eigenvalue weighted by Gasteiger charge is -2.11. The summed E-state index contributed by atoms with van der Waals surface area (Å²) in [6.45, 7) is 0. The standard InChI is InChI=1S/C18H13ClF3N3OS/c19-13-4-6-14(7-5-13)24-16(26)11-27-17-23-8-9-25(17)15-3-1-2-12(10-15)18(20,21)22/h1-10H,11H2,(H,24,26). The van der Waals surface area contributed by atoms with Gasteiger partial charge in [-0.05, 0) is 42.5 Å². The quantitative estimate of drug-likeness (QED) is 0.581. The highest BCUT2D eigenvalue weighted by Crippen LogP contribution is 2.31. The fourth-order valence-electron chi connectivity index (χ4n) is 2.29. The molecule has 0 atom stereocenters. The first-order valence-corrected chi connectivity index (χ1v) is 9.08. The van der Waals surface area contributed by atoms with Crippen molar-refractivity contribution >= 4 is 35.0 Å². The van der Waals surface area contributed by atoms with E-state index in [0.717, 1.165) is 23.9 Å². The Morgan fingerprint density at radius 3 is 2.63 bits per heavy atom. The number of carbonyl (C=O) groups excluding carboxylic acids is 1. The summed E-state index contributed by atoms with van der Waals surface area (Å²) in [5.74, 6) is -0.209. The number of carbonyl (C=O) groups is 1. The second-order valence-electron chi connectivity index (χ2n) is 5.47. The number of aromatic nitrogens is 2. The number of thioether (sulfide) groups is 1. The number of halogens is 4. The van der Waals surface area contributed by atoms with Crippen molar-refractivity contribution in [3.8, 4) is 5.69 Å². The van der Waals surface area contributed by atoms with Crippen molar-refractivity contribution in [2.75, 3.05) is 11.1 Å². The SMILES string of the molecule is O=C(CSc1nccn1-c1cccc(C(F)(F)F)c1)Nc1ccc(Cl)cc1. The van der Waals surface area contributed by atoms with E-state index in [1.165, 1.54) is 16.8 Å². The van der Waals surface area contributed by atoms with Gasteiger partial charge in [0.1, 0.15) is 0 Å². The van der Waals surface area contributed by atoms with Gasteiger partial charge in [-0.2, -0.15) is 13.2 Å². The Morgan fingerprint density at radius 1 is 1.19 bits per heavy atom. The zero-order chi connectivity index (χ0) is 19.4. The first-order valence-electron chi connectivity index (χ1n) is 7.72. The molecule has 140 valence electrons. The lowest BCUT2D eigenvalue weighted by Crippen LogP contribution is -2.14. The van der Waals surface area contributed by atoms with Gasteiger partial charge in [-0.1, -0.05) is 29.4 Å². The summed E-state index contributed by atoms with van der Waals surface area (Å²) >= 11 is 6.92. The normalized spacial score (nSPS) is 11.4. The van der Waals surface area contributed by atoms with E-state index in [1.54, 1.807) is 36.5 Å². The van der Waals surface area contributed by atoms with Crippen LogP contribution in [0.15, 0.2) is 66.1 Å². The minimum atomic E-state index is -4.43. The number of hydrogen-bond acceptors (Lipinski definition) is 3. The van der Waals surface area contributed by atoms with Crippen LogP contribution in [0.25, 0.3) is 5.69 Å². The Hall–Kier alpha value is -2.45. The topological polar surface area (TPSA) is 46.9 Å². The zero-order valence-electron chi connectivity index (χ0n) is 13.7. The number of alkyl halides is 3. The number of nitrogens with one attached hydrogen (secondary N) is 1. The summed E-state index contributed by atoms with van der Waals surface area (Å²) in [4.78, 5) is 16.2. The van der Waals surface area contributed by atoms with Gasteiger partial charge in [0.25, 0.3) is 0 Å². The predicted molar refractivity (Wildman–Crippen MR) is 99.4 cm³/mol. The van der Waals surface area contributed by atoms with Gasteiger partial charge in [-0.15, -0.1) is 0 Å². The summed E-state index contributed by atoms with van der Waals surface area (Å²) in [6, 6.07) is 11.6. The van der Waals surface area contributed by atoms with E-state index >= 15 is 0 Å². The number of imidazole rings is 1. The molecule has 1 heterocycles. The lowest BCUT2D eigenvalue weighted by atomic mass is 10.2. The molecule has 0 fully saturated rings. The molecular formula is C18H13ClF3N3OS. The van der Waals surface area contributed by atoms with Crippen molar-refractivity contribution in [1.29, 1.82) is 0 Å². The number of amides is 1. The molecule has 27 heavy (non-hydrogen) atoms. The molecule has 0 saturated carbocycles. The monoisotopic (exact) mass is 411 g/mol. The molecular weight excluding hydrogens is 399 g/mol. The van der Waals surface area contributed by atoms with Crippen LogP contribution in [0.4, 0.5) is 18.9 Å². The van der Waals surface area contributed by atoms with Gasteiger partial charge in [0.2, 0.25) is 5.91 Å². The first-order chi connectivity index (χ1) is 12.8. The third-order valence-electron chi connectivity index (χ3n) is 3.52. The van der Waals surface area contributed by atoms with Crippen LogP contribution in [0, 0.1) is 0 Å². The van der Waals surface area contributed by atoms with Crippen molar-refractivity contribution in [3.63, 3.8) is 0 Å². The minimum absolute atomic E-state index is 0.0542. The van der Waals surface area contributed by atoms with E-state index in [9.17, 15) is 18.0 Å². The van der Waals surface area contributed by atoms with Gasteiger partial charge in [0.05, 0.1) is 11.3 Å². The molecule has 0 unspecified atom stereocenters. The average Bonchev–Trinajstić information content (AvgIpc) is 3.10. The first kappa shape index (κ1) is 19.3. The highest BCUT2D eigenvalue weighted by atomic mass is 35.5. The fraction of sp³-hybridized carbons (Fsp3) is 0.111. The van der Waals surface area contributed by atoms with Crippen LogP contribution in [0.1, 0.15) is 5.56 Å². The molecule has 9 heteroatoms. The van der Waals surface area contributed by atoms with Crippen LogP contribution in [0.3, 0.4) is 0 Å². The number of anilines is 1. The van der Waals surface area contributed by atoms with Gasteiger partial charge in [0, 0.05) is 28.8 Å². The van der Waals surface area contributed by atoms with E-state index in [0.29, 0.717) is 21.6 Å². The van der Waals surface area contributed by atoms with Crippen LogP contribution in [-0.2, 0) is 11.0 Å². The van der Waals surface area contributed by atoms with Crippen molar-refractivity contribution < 1.29 is 18.0 Å². The van der Waals surface area contributed by atoms with Crippen molar-refractivity contribution in [3.05, 3.63) is 71.5 Å². The average molecular weight is 412 g/mol. The predicted octanol–water partition coefficient (Wildman–Crippen LogP) is 5.28. The molecule has 0 spiro atoms. The Kier molecular flexibility index (Phi) is 5.76. The van der Waals surface area contributed by atoms with Crippen molar-refractivity contribution in [1.82, 2.24) is 9.55 Å². The smallest absolute Gasteiger partial charge is 0.325 e. The molecule has 0 aliphatic heterocycles. The van der Waals surface area contributed by atoms with E-state index in [-0.39, 0.29) is 11.7 Å². The van der Waals surface area contributed by atoms with E-state index in [2.05, 4.69) is 10.3 Å². The number of benzene rings is 2. The maximum atomic E-state index is 12.9. The molecule has 0 radical (unpaired) electrons. The highest BCUT2D eigenvalue weighted by molar-refractivity contribution is 7.99. The second-order valence-corrected chi connectivity index (χ2v) is 6.85. The van der Waals surface area contributed by atoms with Gasteiger partial charge in [0.15, 0.2) is 5.16 Å². The summed E-state index contributed by atoms with van der Waals surface area (Å²) in [6.07, 6.45) is -1.41. The molecule has 3 aromatic rings. The largest absolute Gasteiger partial charge is 0.416 e. The highest BCUT2D eigenvalue weighted by Gasteiger charge is 2.30. The minimum Gasteiger partial charge on any atom is -0.325 e. The van der Waals surface area contributed by atoms with Gasteiger partial charge >= 0.3 is 6.18 Å². The molecule has 0 bridgehead atoms. The fourth-order valence-corrected chi connectivity index (χ4v) is 3.18. The summed E-state index contributed by atoms with van der Waals surface area (Å²) in [7, 11) is 0. The maximum absolute atomic E-state index is 12.9. The Bertz CT molecular complexity index is 942. The Labute approximate surface area is 162 Å². The van der Waals surface area contributed by atoms with E-state index in [1.807, 2.05) is 0 Å². The number of rotatable bonds is 5. The van der Waals surface area contributed by atoms with Crippen LogP contribution in [-0.4, -0.2) is 21.2 Å². The van der Waals surface area contributed by atoms with Gasteiger partial charge in [-0.3, -0.25) is 9.36 Å². The van der Waals surface area contributed by atoms with E-state index in [4.69, 9.17) is 11.6 Å². The Morgan fingerprint density at radius 2 is 1.93 bits per heavy atom. The molecule has 2 aromatic carbocycles. The molecule has 3 rings (SSSR count). The third kappa shape index (κ3) is 5.05. The van der Waals surface area contributed by atoms with Crippen LogP contribution in [0.5, 0.6) is 0 Å². The van der Waals surface area contributed by atoms with Gasteiger partial charge in [-0.25, -0.2) is 4.98 Å². The molecule has 4 nitrogen and oxygen atoms in total. The lowest BCUT2D eigenvalue weighted by molar-refractivity contribution is -0.137. The summed E-state index contributed by atoms with van der Waals surface area (Å²) in [5, 5.41) is 3.69. The molecule has 1 aromatic heterocycles. The maximum Gasteiger partial charge on any atom is 0.416 e. The zero-order valence-corrected chi connectivity index (χ0v) is 15.3. The molecule has 0 aliphatic rings. The number of nitrogens with zero attached hydrogens (tertiary/aromatic N) is 2. The molecule has 1 N–H and O–H groups in total. The summed E-state index contributed by atoms with van der Waals surface area (Å²) < 4.78 is 40.2. The van der Waals surface area contributed by atoms with Crippen LogP contribution in [0.2, 0.25) is 5.02 Å². The van der Waals surface area contributed by atoms with Crippen LogP contribution < -0.4 is 5.32 Å². The third-order valence-corrected chi connectivity index (χ3v) is 4.74. The van der Waals surface area contributed by atoms with E-state index < -0.39 is 11.7 Å². The van der Waals surface area contributed by atoms with Crippen LogP contribution >= 0.6 is 23.4 Å². The summed E-state index contributed by atoms with van der Waals surface area (Å²) in [5.41, 5.74) is 0.180.